The Kier molecular flexibility index (Phi) is 6.43. The Morgan fingerprint density at radius 3 is 2.43 bits per heavy atom. The van der Waals surface area contributed by atoms with E-state index in [2.05, 4.69) is 15.3 Å². The number of nitrogens with two attached hydrogens (primary N) is 1. The number of hydrogen-bond donors (Lipinski definition) is 2. The third kappa shape index (κ3) is 5.19. The lowest BCUT2D eigenvalue weighted by Gasteiger charge is -2.27. The van der Waals surface area contributed by atoms with Crippen molar-refractivity contribution in [3.05, 3.63) is 42.0 Å². The van der Waals surface area contributed by atoms with E-state index in [1.807, 2.05) is 0 Å². The number of rotatable bonds is 3. The second kappa shape index (κ2) is 9.02. The van der Waals surface area contributed by atoms with Crippen molar-refractivity contribution in [1.82, 2.24) is 5.32 Å². The number of hydroxylamine groups is 1. The molecule has 1 aliphatic carbocycles. The van der Waals surface area contributed by atoms with Gasteiger partial charge in [0, 0.05) is 6.04 Å². The Hall–Kier alpha value is -3.30. The number of anilines is 1. The summed E-state index contributed by atoms with van der Waals surface area (Å²) < 4.78 is 38.3. The van der Waals surface area contributed by atoms with Crippen LogP contribution in [-0.2, 0) is 9.63 Å². The van der Waals surface area contributed by atoms with Crippen molar-refractivity contribution in [2.45, 2.75) is 44.3 Å². The van der Waals surface area contributed by atoms with Crippen LogP contribution in [-0.4, -0.2) is 30.4 Å². The number of urea groups is 1. The first kappa shape index (κ1) is 21.4. The van der Waals surface area contributed by atoms with Gasteiger partial charge in [0.15, 0.2) is 0 Å². The van der Waals surface area contributed by atoms with E-state index in [0.29, 0.717) is 10.4 Å². The van der Waals surface area contributed by atoms with Gasteiger partial charge in [-0.1, -0.05) is 37.5 Å². The first-order valence-corrected chi connectivity index (χ1v) is 9.45. The molecule has 2 aromatic rings. The van der Waals surface area contributed by atoms with Crippen LogP contribution < -0.4 is 16.2 Å². The lowest BCUT2D eigenvalue weighted by atomic mass is 9.96. The maximum absolute atomic E-state index is 12.8. The normalized spacial score (nSPS) is 15.3. The number of halogens is 3. The summed E-state index contributed by atoms with van der Waals surface area (Å²) in [7, 11) is 0. The fourth-order valence-electron chi connectivity index (χ4n) is 3.37. The summed E-state index contributed by atoms with van der Waals surface area (Å²) in [6.45, 7) is 0. The van der Waals surface area contributed by atoms with Crippen LogP contribution in [0.15, 0.2) is 41.5 Å². The number of nitrogens with one attached hydrogen (secondary N) is 1. The van der Waals surface area contributed by atoms with Crippen molar-refractivity contribution in [3.63, 3.8) is 0 Å². The highest BCUT2D eigenvalue weighted by molar-refractivity contribution is 5.97. The van der Waals surface area contributed by atoms with Gasteiger partial charge in [0.25, 0.3) is 0 Å². The number of nitrogens with zero attached hydrogens (tertiary/aromatic N) is 2. The number of carbonyl (C=O) groups excluding carboxylic acids is 2. The van der Waals surface area contributed by atoms with Crippen LogP contribution in [0.25, 0.3) is 10.8 Å². The second-order valence-corrected chi connectivity index (χ2v) is 7.02. The number of amides is 2. The van der Waals surface area contributed by atoms with Gasteiger partial charge in [-0.3, -0.25) is 0 Å². The molecule has 2 aromatic carbocycles. The van der Waals surface area contributed by atoms with E-state index in [9.17, 15) is 22.8 Å². The average molecular weight is 422 g/mol. The molecule has 3 N–H and O–H groups in total. The molecule has 0 heterocycles. The van der Waals surface area contributed by atoms with Crippen molar-refractivity contribution < 1.29 is 27.6 Å². The summed E-state index contributed by atoms with van der Waals surface area (Å²) in [6, 6.07) is 8.51. The van der Waals surface area contributed by atoms with Gasteiger partial charge >= 0.3 is 18.2 Å². The molecule has 1 aliphatic rings. The maximum Gasteiger partial charge on any atom is 0.493 e. The molecule has 10 heteroatoms. The summed E-state index contributed by atoms with van der Waals surface area (Å²) >= 11 is 0. The molecule has 0 unspecified atom stereocenters. The molecule has 30 heavy (non-hydrogen) atoms. The van der Waals surface area contributed by atoms with Gasteiger partial charge in [-0.25, -0.2) is 9.59 Å². The molecule has 0 spiro atoms. The van der Waals surface area contributed by atoms with Crippen LogP contribution in [0.2, 0.25) is 0 Å². The van der Waals surface area contributed by atoms with Crippen LogP contribution in [0, 0.1) is 0 Å². The highest BCUT2D eigenvalue weighted by Crippen LogP contribution is 2.26. The van der Waals surface area contributed by atoms with Gasteiger partial charge in [0.2, 0.25) is 0 Å². The largest absolute Gasteiger partial charge is 0.493 e. The Balaban J connectivity index is 1.90. The minimum Gasteiger partial charge on any atom is -0.332 e. The van der Waals surface area contributed by atoms with Crippen molar-refractivity contribution in [2.24, 2.45) is 10.9 Å². The molecule has 0 saturated heterocycles. The van der Waals surface area contributed by atoms with Gasteiger partial charge < -0.3 is 16.0 Å². The molecule has 0 bridgehead atoms. The monoisotopic (exact) mass is 422 g/mol. The number of benzene rings is 2. The standard InChI is InChI=1S/C20H21F3N4O3/c21-20(22,23)18(28)30-27(19(29)26-16-4-2-1-3-5-16)17-9-8-14-10-13(12-25-24)6-7-15(14)11-17/h6-12,16H,1-5,24H2,(H,26,29)/b25-12+. The van der Waals surface area contributed by atoms with Crippen LogP contribution in [0.1, 0.15) is 37.7 Å². The number of hydrazone groups is 1. The molecule has 0 aromatic heterocycles. The Morgan fingerprint density at radius 1 is 1.10 bits per heavy atom. The molecule has 160 valence electrons. The van der Waals surface area contributed by atoms with Crippen molar-refractivity contribution >= 4 is 34.7 Å². The summed E-state index contributed by atoms with van der Waals surface area (Å²) in [5, 5.41) is 7.83. The molecule has 7 nitrogen and oxygen atoms in total. The minimum absolute atomic E-state index is 0.00588. The smallest absolute Gasteiger partial charge is 0.332 e. The molecular weight excluding hydrogens is 401 g/mol. The van der Waals surface area contributed by atoms with Gasteiger partial charge in [-0.05, 0) is 47.4 Å². The fourth-order valence-corrected chi connectivity index (χ4v) is 3.37. The van der Waals surface area contributed by atoms with Crippen molar-refractivity contribution in [2.75, 3.05) is 5.06 Å². The Morgan fingerprint density at radius 2 is 1.77 bits per heavy atom. The molecular formula is C20H21F3N4O3. The zero-order valence-electron chi connectivity index (χ0n) is 16.0. The molecule has 0 atom stereocenters. The maximum atomic E-state index is 12.8. The minimum atomic E-state index is -5.24. The number of alkyl halides is 3. The number of hydrogen-bond acceptors (Lipinski definition) is 5. The lowest BCUT2D eigenvalue weighted by Crippen LogP contribution is -2.48. The van der Waals surface area contributed by atoms with E-state index in [1.165, 1.54) is 18.3 Å². The molecule has 1 fully saturated rings. The van der Waals surface area contributed by atoms with Gasteiger partial charge in [-0.2, -0.15) is 18.3 Å². The third-order valence-electron chi connectivity index (χ3n) is 4.83. The number of carbonyl (C=O) groups is 2. The third-order valence-corrected chi connectivity index (χ3v) is 4.83. The SMILES string of the molecule is N/N=C/c1ccc2cc(N(OC(=O)C(F)(F)F)C(=O)NC3CCCCC3)ccc2c1. The van der Waals surface area contributed by atoms with Crippen LogP contribution in [0.3, 0.4) is 0 Å². The van der Waals surface area contributed by atoms with Crippen LogP contribution >= 0.6 is 0 Å². The Bertz CT molecular complexity index is 956. The summed E-state index contributed by atoms with van der Waals surface area (Å²) in [5.74, 6) is 2.66. The first-order chi connectivity index (χ1) is 14.3. The van der Waals surface area contributed by atoms with Gasteiger partial charge in [0.05, 0.1) is 11.9 Å². The molecule has 3 rings (SSSR count). The first-order valence-electron chi connectivity index (χ1n) is 9.45. The summed E-state index contributed by atoms with van der Waals surface area (Å²) in [4.78, 5) is 28.6. The van der Waals surface area contributed by atoms with Crippen molar-refractivity contribution in [1.29, 1.82) is 0 Å². The molecule has 2 amide bonds. The van der Waals surface area contributed by atoms with Crippen molar-refractivity contribution in [3.8, 4) is 0 Å². The molecule has 0 radical (unpaired) electrons. The van der Waals surface area contributed by atoms with Crippen LogP contribution in [0.4, 0.5) is 23.7 Å². The second-order valence-electron chi connectivity index (χ2n) is 7.02. The van der Waals surface area contributed by atoms with E-state index in [-0.39, 0.29) is 11.7 Å². The highest BCUT2D eigenvalue weighted by Gasteiger charge is 2.44. The zero-order valence-corrected chi connectivity index (χ0v) is 16.0. The van der Waals surface area contributed by atoms with Gasteiger partial charge in [-0.15, -0.1) is 5.06 Å². The predicted octanol–water partition coefficient (Wildman–Crippen LogP) is 4.00. The lowest BCUT2D eigenvalue weighted by molar-refractivity contribution is -0.199. The topological polar surface area (TPSA) is 97.0 Å². The number of fused-ring (bicyclic) bond motifs is 1. The molecule has 1 saturated carbocycles. The van der Waals surface area contributed by atoms with E-state index in [1.54, 1.807) is 24.3 Å². The quantitative estimate of drug-likeness (QED) is 0.444. The zero-order chi connectivity index (χ0) is 21.7. The predicted molar refractivity (Wildman–Crippen MR) is 106 cm³/mol. The van der Waals surface area contributed by atoms with Crippen LogP contribution in [0.5, 0.6) is 0 Å². The van der Waals surface area contributed by atoms with E-state index < -0.39 is 18.2 Å². The average Bonchev–Trinajstić information content (AvgIpc) is 2.71. The highest BCUT2D eigenvalue weighted by atomic mass is 19.4. The van der Waals surface area contributed by atoms with Gasteiger partial charge in [0.1, 0.15) is 0 Å². The van der Waals surface area contributed by atoms with E-state index in [4.69, 9.17) is 5.84 Å². The van der Waals surface area contributed by atoms with E-state index >= 15 is 0 Å². The van der Waals surface area contributed by atoms with E-state index in [0.717, 1.165) is 43.1 Å². The summed E-state index contributed by atoms with van der Waals surface area (Å²) in [5.41, 5.74) is 0.724. The fraction of sp³-hybridized carbons (Fsp3) is 0.350. The summed E-state index contributed by atoms with van der Waals surface area (Å²) in [6.07, 6.45) is 0.515. The Labute approximate surface area is 170 Å². The molecule has 0 aliphatic heterocycles.